The van der Waals surface area contributed by atoms with Crippen LogP contribution in [0.5, 0.6) is 5.75 Å². The minimum Gasteiger partial charge on any atom is -0.508 e. The minimum atomic E-state index is 0. The molecule has 1 N–H and O–H groups in total. The molecule has 0 radical (unpaired) electrons. The number of benzene rings is 3. The van der Waals surface area contributed by atoms with Crippen LogP contribution in [0.4, 0.5) is 0 Å². The van der Waals surface area contributed by atoms with Crippen molar-refractivity contribution in [1.29, 1.82) is 0 Å². The highest BCUT2D eigenvalue weighted by atomic mass is 16.3. The number of phenolic OH excluding ortho intramolecular Hbond substituents is 1. The van der Waals surface area contributed by atoms with Gasteiger partial charge < -0.3 is 5.11 Å². The van der Waals surface area contributed by atoms with Crippen LogP contribution < -0.4 is 0 Å². The predicted octanol–water partition coefficient (Wildman–Crippen LogP) is 7.21. The number of aromatic hydroxyl groups is 1. The van der Waals surface area contributed by atoms with Crippen molar-refractivity contribution in [2.24, 2.45) is 0 Å². The molecule has 132 valence electrons. The molecule has 0 spiro atoms. The van der Waals surface area contributed by atoms with Gasteiger partial charge in [-0.3, -0.25) is 0 Å². The fraction of sp³-hybridized carbons (Fsp3) is 0.333. The molecular weight excluding hydrogens is 304 g/mol. The maximum Gasteiger partial charge on any atom is 0.115 e. The zero-order valence-corrected chi connectivity index (χ0v) is 13.7. The Morgan fingerprint density at radius 1 is 0.880 bits per heavy atom. The van der Waals surface area contributed by atoms with Crippen molar-refractivity contribution in [1.82, 2.24) is 0 Å². The van der Waals surface area contributed by atoms with E-state index in [0.29, 0.717) is 23.5 Å². The molecule has 25 heavy (non-hydrogen) atoms. The van der Waals surface area contributed by atoms with Crippen molar-refractivity contribution in [2.75, 3.05) is 0 Å². The van der Waals surface area contributed by atoms with Gasteiger partial charge in [-0.25, -0.2) is 0 Å². The van der Waals surface area contributed by atoms with E-state index < -0.39 is 0 Å². The van der Waals surface area contributed by atoms with Gasteiger partial charge in [0.2, 0.25) is 0 Å². The molecule has 0 aromatic heterocycles. The second kappa shape index (κ2) is 7.31. The average molecular weight is 335 g/mol. The first-order valence-electron chi connectivity index (χ1n) is 8.45. The van der Waals surface area contributed by atoms with Crippen molar-refractivity contribution in [3.8, 4) is 5.75 Å². The predicted molar refractivity (Wildman–Crippen MR) is 110 cm³/mol. The molecule has 3 aromatic rings. The van der Waals surface area contributed by atoms with Crippen LogP contribution in [0.1, 0.15) is 69.6 Å². The topological polar surface area (TPSA) is 20.2 Å². The van der Waals surface area contributed by atoms with Gasteiger partial charge in [0.25, 0.3) is 0 Å². The Hall–Kier alpha value is -2.28. The van der Waals surface area contributed by atoms with Gasteiger partial charge in [-0.1, -0.05) is 77.2 Å². The van der Waals surface area contributed by atoms with Crippen LogP contribution in [0.2, 0.25) is 0 Å². The Morgan fingerprint density at radius 2 is 1.48 bits per heavy atom. The highest BCUT2D eigenvalue weighted by Gasteiger charge is 2.32. The van der Waals surface area contributed by atoms with E-state index in [2.05, 4.69) is 50.2 Å². The van der Waals surface area contributed by atoms with Crippen molar-refractivity contribution in [2.45, 2.75) is 52.9 Å². The summed E-state index contributed by atoms with van der Waals surface area (Å²) in [4.78, 5) is 0. The Kier molecular flexibility index (Phi) is 5.57. The quantitative estimate of drug-likeness (QED) is 0.536. The molecule has 3 atom stereocenters. The van der Waals surface area contributed by atoms with Crippen molar-refractivity contribution in [3.63, 3.8) is 0 Å². The van der Waals surface area contributed by atoms with Crippen LogP contribution in [0.15, 0.2) is 60.7 Å². The highest BCUT2D eigenvalue weighted by molar-refractivity contribution is 5.92. The zero-order chi connectivity index (χ0) is 16.0. The molecule has 0 saturated heterocycles. The number of hydrogen-bond donors (Lipinski definition) is 1. The first-order valence-corrected chi connectivity index (χ1v) is 8.45. The van der Waals surface area contributed by atoms with E-state index in [9.17, 15) is 5.11 Å². The summed E-state index contributed by atoms with van der Waals surface area (Å²) in [5, 5.41) is 12.3. The Labute approximate surface area is 152 Å². The fourth-order valence-corrected chi connectivity index (χ4v) is 4.23. The molecule has 0 fully saturated rings. The monoisotopic (exact) mass is 334 g/mol. The van der Waals surface area contributed by atoms with E-state index in [0.717, 1.165) is 6.42 Å². The molecule has 1 heteroatoms. The largest absolute Gasteiger partial charge is 0.508 e. The molecule has 0 heterocycles. The van der Waals surface area contributed by atoms with Crippen LogP contribution in [-0.2, 0) is 0 Å². The SMILES string of the molecule is C.C.CC(CC1c2cccc3cccc(c23)C1C)c1ccc(O)cc1. The second-order valence-electron chi connectivity index (χ2n) is 6.92. The zero-order valence-electron chi connectivity index (χ0n) is 13.7. The summed E-state index contributed by atoms with van der Waals surface area (Å²) in [6.07, 6.45) is 1.14. The molecule has 1 aliphatic rings. The lowest BCUT2D eigenvalue weighted by atomic mass is 9.82. The van der Waals surface area contributed by atoms with Gasteiger partial charge in [0.05, 0.1) is 0 Å². The molecule has 3 aromatic carbocycles. The van der Waals surface area contributed by atoms with Gasteiger partial charge in [0.15, 0.2) is 0 Å². The van der Waals surface area contributed by atoms with E-state index in [-0.39, 0.29) is 14.9 Å². The smallest absolute Gasteiger partial charge is 0.115 e. The summed E-state index contributed by atoms with van der Waals surface area (Å²) < 4.78 is 0. The van der Waals surface area contributed by atoms with Gasteiger partial charge in [0, 0.05) is 0 Å². The average Bonchev–Trinajstić information content (AvgIpc) is 2.84. The van der Waals surface area contributed by atoms with E-state index in [4.69, 9.17) is 0 Å². The summed E-state index contributed by atoms with van der Waals surface area (Å²) in [5.41, 5.74) is 4.32. The Morgan fingerprint density at radius 3 is 2.12 bits per heavy atom. The molecule has 1 aliphatic carbocycles. The number of hydrogen-bond acceptors (Lipinski definition) is 1. The molecule has 4 rings (SSSR count). The number of phenols is 1. The Bertz CT molecular complexity index is 842. The summed E-state index contributed by atoms with van der Waals surface area (Å²) in [6.45, 7) is 4.66. The van der Waals surface area contributed by atoms with Gasteiger partial charge in [-0.05, 0) is 63.8 Å². The van der Waals surface area contributed by atoms with E-state index >= 15 is 0 Å². The molecule has 0 amide bonds. The van der Waals surface area contributed by atoms with Gasteiger partial charge in [0.1, 0.15) is 5.75 Å². The summed E-state index contributed by atoms with van der Waals surface area (Å²) >= 11 is 0. The lowest BCUT2D eigenvalue weighted by molar-refractivity contribution is 0.474. The number of rotatable bonds is 3. The van der Waals surface area contributed by atoms with Crippen LogP contribution in [-0.4, -0.2) is 5.11 Å². The molecule has 3 unspecified atom stereocenters. The summed E-state index contributed by atoms with van der Waals surface area (Å²) in [5.74, 6) is 1.95. The first kappa shape index (κ1) is 19.1. The molecule has 0 bridgehead atoms. The summed E-state index contributed by atoms with van der Waals surface area (Å²) in [6, 6.07) is 21.1. The fourth-order valence-electron chi connectivity index (χ4n) is 4.23. The highest BCUT2D eigenvalue weighted by Crippen LogP contribution is 2.50. The Balaban J connectivity index is 0.00000113. The van der Waals surface area contributed by atoms with Crippen molar-refractivity contribution in [3.05, 3.63) is 77.4 Å². The summed E-state index contributed by atoms with van der Waals surface area (Å²) in [7, 11) is 0. The maximum absolute atomic E-state index is 9.48. The minimum absolute atomic E-state index is 0. The molecule has 1 nitrogen and oxygen atoms in total. The molecular formula is C24H30O. The van der Waals surface area contributed by atoms with Crippen LogP contribution >= 0.6 is 0 Å². The lowest BCUT2D eigenvalue weighted by Gasteiger charge is -2.22. The van der Waals surface area contributed by atoms with E-state index in [1.807, 2.05) is 12.1 Å². The van der Waals surface area contributed by atoms with Crippen LogP contribution in [0.25, 0.3) is 10.8 Å². The third-order valence-electron chi connectivity index (χ3n) is 5.53. The first-order chi connectivity index (χ1) is 11.1. The van der Waals surface area contributed by atoms with Crippen molar-refractivity contribution < 1.29 is 5.11 Å². The van der Waals surface area contributed by atoms with Gasteiger partial charge in [-0.2, -0.15) is 0 Å². The maximum atomic E-state index is 9.48. The molecule has 0 aliphatic heterocycles. The van der Waals surface area contributed by atoms with Crippen molar-refractivity contribution >= 4 is 10.8 Å². The third-order valence-corrected chi connectivity index (χ3v) is 5.53. The van der Waals surface area contributed by atoms with Gasteiger partial charge in [-0.15, -0.1) is 0 Å². The van der Waals surface area contributed by atoms with E-state index in [1.165, 1.54) is 27.5 Å². The van der Waals surface area contributed by atoms with Gasteiger partial charge >= 0.3 is 0 Å². The van der Waals surface area contributed by atoms with E-state index in [1.54, 1.807) is 12.1 Å². The second-order valence-corrected chi connectivity index (χ2v) is 6.92. The normalized spacial score (nSPS) is 19.1. The standard InChI is InChI=1S/C22H22O.2CH4/c1-14(16-9-11-18(23)12-10-16)13-21-15(2)19-7-3-5-17-6-4-8-20(21)22(17)19;;/h3-12,14-15,21,23H,13H2,1-2H3;2*1H4. The third kappa shape index (κ3) is 3.16. The lowest BCUT2D eigenvalue weighted by Crippen LogP contribution is -2.06. The van der Waals surface area contributed by atoms with Crippen LogP contribution in [0.3, 0.4) is 0 Å². The van der Waals surface area contributed by atoms with Crippen LogP contribution in [0, 0.1) is 0 Å². The molecule has 0 saturated carbocycles.